The average Bonchev–Trinajstić information content (AvgIpc) is 3.18. The van der Waals surface area contributed by atoms with Gasteiger partial charge in [-0.1, -0.05) is 27.7 Å². The standard InChI is InChI=1S/C20H24N6/c1-12(16-17-13(6-7-21-16)11-26(5)25-17)8-14-9-22-19(20(2,3)4)18-15(14)10-23-24-18/h6-7,9-12H,8H2,1-5H3,(H,23,24). The fourth-order valence-electron chi connectivity index (χ4n) is 3.59. The quantitative estimate of drug-likeness (QED) is 0.610. The zero-order valence-electron chi connectivity index (χ0n) is 15.9. The van der Waals surface area contributed by atoms with Gasteiger partial charge in [0.25, 0.3) is 0 Å². The fraction of sp³-hybridized carbons (Fsp3) is 0.400. The lowest BCUT2D eigenvalue weighted by Gasteiger charge is -2.19. The molecule has 0 saturated heterocycles. The number of aromatic amines is 1. The van der Waals surface area contributed by atoms with Crippen LogP contribution in [0.3, 0.4) is 0 Å². The first-order valence-corrected chi connectivity index (χ1v) is 8.94. The highest BCUT2D eigenvalue weighted by Crippen LogP contribution is 2.31. The van der Waals surface area contributed by atoms with Gasteiger partial charge < -0.3 is 0 Å². The summed E-state index contributed by atoms with van der Waals surface area (Å²) in [6.45, 7) is 8.71. The number of hydrogen-bond acceptors (Lipinski definition) is 4. The van der Waals surface area contributed by atoms with Crippen molar-refractivity contribution < 1.29 is 0 Å². The minimum atomic E-state index is -0.0317. The molecule has 134 valence electrons. The zero-order valence-corrected chi connectivity index (χ0v) is 15.9. The van der Waals surface area contributed by atoms with E-state index in [-0.39, 0.29) is 11.3 Å². The van der Waals surface area contributed by atoms with E-state index in [1.165, 1.54) is 5.56 Å². The van der Waals surface area contributed by atoms with Crippen molar-refractivity contribution in [3.05, 3.63) is 47.8 Å². The van der Waals surface area contributed by atoms with Crippen LogP contribution in [0.1, 0.15) is 50.6 Å². The second-order valence-electron chi connectivity index (χ2n) is 8.08. The predicted molar refractivity (Wildman–Crippen MR) is 103 cm³/mol. The van der Waals surface area contributed by atoms with Crippen molar-refractivity contribution in [2.75, 3.05) is 0 Å². The number of hydrogen-bond donors (Lipinski definition) is 1. The third-order valence-corrected chi connectivity index (χ3v) is 4.84. The van der Waals surface area contributed by atoms with Gasteiger partial charge in [0.2, 0.25) is 0 Å². The van der Waals surface area contributed by atoms with Crippen molar-refractivity contribution in [1.82, 2.24) is 29.9 Å². The van der Waals surface area contributed by atoms with Crippen LogP contribution >= 0.6 is 0 Å². The molecule has 26 heavy (non-hydrogen) atoms. The minimum absolute atomic E-state index is 0.0317. The predicted octanol–water partition coefficient (Wildman–Crippen LogP) is 3.88. The summed E-state index contributed by atoms with van der Waals surface area (Å²) in [4.78, 5) is 9.37. The molecule has 6 nitrogen and oxygen atoms in total. The van der Waals surface area contributed by atoms with Gasteiger partial charge in [-0.2, -0.15) is 10.2 Å². The lowest BCUT2D eigenvalue weighted by atomic mass is 9.88. The van der Waals surface area contributed by atoms with E-state index in [9.17, 15) is 0 Å². The van der Waals surface area contributed by atoms with Crippen LogP contribution in [0.2, 0.25) is 0 Å². The summed E-state index contributed by atoms with van der Waals surface area (Å²) in [6, 6.07) is 2.01. The molecular weight excluding hydrogens is 324 g/mol. The van der Waals surface area contributed by atoms with E-state index >= 15 is 0 Å². The molecule has 0 aliphatic heterocycles. The van der Waals surface area contributed by atoms with Crippen molar-refractivity contribution in [3.8, 4) is 0 Å². The van der Waals surface area contributed by atoms with Crippen LogP contribution in [0, 0.1) is 0 Å². The van der Waals surface area contributed by atoms with Gasteiger partial charge >= 0.3 is 0 Å². The van der Waals surface area contributed by atoms with E-state index in [2.05, 4.69) is 48.0 Å². The van der Waals surface area contributed by atoms with E-state index in [1.54, 1.807) is 0 Å². The van der Waals surface area contributed by atoms with Crippen LogP contribution in [0.25, 0.3) is 21.8 Å². The first kappa shape index (κ1) is 16.7. The first-order valence-electron chi connectivity index (χ1n) is 8.94. The topological polar surface area (TPSA) is 72.3 Å². The summed E-state index contributed by atoms with van der Waals surface area (Å²) < 4.78 is 1.84. The molecule has 0 aliphatic rings. The molecular formula is C20H24N6. The lowest BCUT2D eigenvalue weighted by molar-refractivity contribution is 0.573. The molecule has 0 fully saturated rings. The van der Waals surface area contributed by atoms with Crippen LogP contribution in [0.5, 0.6) is 0 Å². The van der Waals surface area contributed by atoms with Crippen molar-refractivity contribution >= 4 is 21.8 Å². The molecule has 1 unspecified atom stereocenters. The fourth-order valence-corrected chi connectivity index (χ4v) is 3.59. The SMILES string of the molecule is CC(Cc1cnc(C(C)(C)C)c2[nH]ncc12)c1nccc2cn(C)nc12. The van der Waals surface area contributed by atoms with E-state index in [0.717, 1.165) is 39.6 Å². The highest BCUT2D eigenvalue weighted by Gasteiger charge is 2.22. The molecule has 4 heterocycles. The Labute approximate surface area is 152 Å². The molecule has 0 saturated carbocycles. The Morgan fingerprint density at radius 1 is 1.19 bits per heavy atom. The summed E-state index contributed by atoms with van der Waals surface area (Å²) in [6.07, 6.45) is 8.64. The number of aromatic nitrogens is 6. The maximum absolute atomic E-state index is 4.75. The van der Waals surface area contributed by atoms with Gasteiger partial charge in [-0.3, -0.25) is 19.7 Å². The zero-order chi connectivity index (χ0) is 18.5. The number of pyridine rings is 2. The van der Waals surface area contributed by atoms with Crippen LogP contribution < -0.4 is 0 Å². The summed E-state index contributed by atoms with van der Waals surface area (Å²) >= 11 is 0. The van der Waals surface area contributed by atoms with Crippen molar-refractivity contribution in [3.63, 3.8) is 0 Å². The monoisotopic (exact) mass is 348 g/mol. The molecule has 0 aromatic carbocycles. The minimum Gasteiger partial charge on any atom is -0.276 e. The molecule has 4 aromatic heterocycles. The van der Waals surface area contributed by atoms with Gasteiger partial charge in [0, 0.05) is 47.7 Å². The third-order valence-electron chi connectivity index (χ3n) is 4.84. The summed E-state index contributed by atoms with van der Waals surface area (Å²) in [7, 11) is 1.94. The first-order chi connectivity index (χ1) is 12.3. The Kier molecular flexibility index (Phi) is 3.79. The second kappa shape index (κ2) is 5.90. The highest BCUT2D eigenvalue weighted by molar-refractivity contribution is 5.84. The van der Waals surface area contributed by atoms with Gasteiger partial charge in [-0.05, 0) is 18.1 Å². The van der Waals surface area contributed by atoms with Gasteiger partial charge in [0.1, 0.15) is 5.52 Å². The van der Waals surface area contributed by atoms with E-state index in [0.29, 0.717) is 0 Å². The number of aryl methyl sites for hydroxylation is 1. The Hall–Kier alpha value is -2.76. The van der Waals surface area contributed by atoms with Crippen molar-refractivity contribution in [2.45, 2.75) is 45.4 Å². The Morgan fingerprint density at radius 3 is 2.77 bits per heavy atom. The summed E-state index contributed by atoms with van der Waals surface area (Å²) in [5.74, 6) is 0.231. The molecule has 0 aliphatic carbocycles. The third kappa shape index (κ3) is 2.75. The largest absolute Gasteiger partial charge is 0.276 e. The van der Waals surface area contributed by atoms with Crippen LogP contribution in [-0.4, -0.2) is 29.9 Å². The highest BCUT2D eigenvalue weighted by atomic mass is 15.2. The Morgan fingerprint density at radius 2 is 2.00 bits per heavy atom. The number of H-pyrrole nitrogens is 1. The van der Waals surface area contributed by atoms with Gasteiger partial charge in [0.15, 0.2) is 0 Å². The summed E-state index contributed by atoms with van der Waals surface area (Å²) in [5, 5.41) is 14.3. The number of nitrogens with one attached hydrogen (secondary N) is 1. The van der Waals surface area contributed by atoms with Crippen LogP contribution in [-0.2, 0) is 18.9 Å². The molecule has 0 radical (unpaired) electrons. The molecule has 0 bridgehead atoms. The number of fused-ring (bicyclic) bond motifs is 2. The molecule has 1 atom stereocenters. The smallest absolute Gasteiger partial charge is 0.114 e. The van der Waals surface area contributed by atoms with Gasteiger partial charge in [0.05, 0.1) is 23.1 Å². The number of nitrogens with zero attached hydrogens (tertiary/aromatic N) is 5. The molecule has 1 N–H and O–H groups in total. The maximum Gasteiger partial charge on any atom is 0.114 e. The summed E-state index contributed by atoms with van der Waals surface area (Å²) in [5.41, 5.74) is 5.24. The average molecular weight is 348 g/mol. The normalized spacial score (nSPS) is 13.6. The molecule has 4 rings (SSSR count). The number of rotatable bonds is 3. The Bertz CT molecular complexity index is 1080. The van der Waals surface area contributed by atoms with Crippen molar-refractivity contribution in [2.24, 2.45) is 7.05 Å². The van der Waals surface area contributed by atoms with Crippen LogP contribution in [0.4, 0.5) is 0 Å². The lowest BCUT2D eigenvalue weighted by Crippen LogP contribution is -2.15. The molecule has 4 aromatic rings. The van der Waals surface area contributed by atoms with Gasteiger partial charge in [-0.25, -0.2) is 0 Å². The molecule has 6 heteroatoms. The second-order valence-corrected chi connectivity index (χ2v) is 8.08. The molecule has 0 spiro atoms. The van der Waals surface area contributed by atoms with Crippen molar-refractivity contribution in [1.29, 1.82) is 0 Å². The van der Waals surface area contributed by atoms with E-state index < -0.39 is 0 Å². The van der Waals surface area contributed by atoms with Crippen LogP contribution in [0.15, 0.2) is 30.9 Å². The Balaban J connectivity index is 1.74. The maximum atomic E-state index is 4.75. The van der Waals surface area contributed by atoms with E-state index in [4.69, 9.17) is 4.98 Å². The van der Waals surface area contributed by atoms with Gasteiger partial charge in [-0.15, -0.1) is 0 Å². The van der Waals surface area contributed by atoms with E-state index in [1.807, 2.05) is 42.6 Å². The molecule has 0 amide bonds.